The zero-order chi connectivity index (χ0) is 19.4. The quantitative estimate of drug-likeness (QED) is 0.366. The van der Waals surface area contributed by atoms with E-state index in [1.165, 1.54) is 24.7 Å². The van der Waals surface area contributed by atoms with E-state index in [1.54, 1.807) is 0 Å². The molecule has 0 spiro atoms. The van der Waals surface area contributed by atoms with Crippen molar-refractivity contribution >= 4 is 40.3 Å². The number of anilines is 1. The number of aryl methyl sites for hydroxylation is 2. The maximum atomic E-state index is 12.2. The Hall–Kier alpha value is -3.00. The van der Waals surface area contributed by atoms with Crippen LogP contribution in [0.3, 0.4) is 0 Å². The molecular weight excluding hydrogens is 366 g/mol. The highest BCUT2D eigenvalue weighted by Crippen LogP contribution is 2.39. The number of carbonyl (C=O) groups excluding carboxylic acids is 3. The number of thiophene rings is 1. The smallest absolute Gasteiger partial charge is 0.341 e. The minimum Gasteiger partial charge on any atom is -0.465 e. The molecule has 0 saturated heterocycles. The number of hydrogen-bond acceptors (Lipinski definition) is 6. The molecule has 0 aliphatic heterocycles. The molecule has 1 aromatic carbocycles. The highest BCUT2D eigenvalue weighted by molar-refractivity contribution is 7.17. The van der Waals surface area contributed by atoms with Gasteiger partial charge in [0.2, 0.25) is 0 Å². The number of fused-ring (bicyclic) bond motifs is 1. The summed E-state index contributed by atoms with van der Waals surface area (Å²) in [6.07, 6.45) is 4.05. The lowest BCUT2D eigenvalue weighted by atomic mass is 10.1. The molecule has 0 fully saturated rings. The molecule has 1 aromatic heterocycles. The number of nitrogens with zero attached hydrogens (tertiary/aromatic N) is 1. The van der Waals surface area contributed by atoms with Crippen LogP contribution in [-0.2, 0) is 27.2 Å². The molecule has 1 aliphatic rings. The largest absolute Gasteiger partial charge is 0.465 e. The van der Waals surface area contributed by atoms with Crippen LogP contribution in [0, 0.1) is 6.92 Å². The second-order valence-electron chi connectivity index (χ2n) is 6.06. The topological polar surface area (TPSA) is 96.9 Å². The van der Waals surface area contributed by atoms with Gasteiger partial charge in [-0.3, -0.25) is 9.59 Å². The average molecular weight is 385 g/mol. The molecule has 2 amide bonds. The molecule has 2 aromatic rings. The van der Waals surface area contributed by atoms with E-state index in [1.807, 2.05) is 31.2 Å². The van der Waals surface area contributed by atoms with Crippen LogP contribution in [0.4, 0.5) is 5.00 Å². The van der Waals surface area contributed by atoms with Crippen LogP contribution in [0.25, 0.3) is 0 Å². The van der Waals surface area contributed by atoms with Gasteiger partial charge in [0.15, 0.2) is 0 Å². The van der Waals surface area contributed by atoms with Gasteiger partial charge in [-0.2, -0.15) is 5.10 Å². The van der Waals surface area contributed by atoms with E-state index in [0.717, 1.165) is 40.8 Å². The summed E-state index contributed by atoms with van der Waals surface area (Å²) in [7, 11) is 1.29. The van der Waals surface area contributed by atoms with Crippen LogP contribution in [0.5, 0.6) is 0 Å². The second kappa shape index (κ2) is 8.13. The van der Waals surface area contributed by atoms with Crippen molar-refractivity contribution in [3.63, 3.8) is 0 Å². The van der Waals surface area contributed by atoms with Crippen molar-refractivity contribution in [3.8, 4) is 0 Å². The lowest BCUT2D eigenvalue weighted by Gasteiger charge is -2.06. The standard InChI is InChI=1S/C19H19N3O4S/c1-11-6-3-4-7-12(11)10-20-22-17(24)16(23)21-18-15(19(25)26-2)13-8-5-9-14(13)27-18/h3-4,6-7,10H,5,8-9H2,1-2H3,(H,21,23)(H,22,24). The number of methoxy groups -OCH3 is 1. The van der Waals surface area contributed by atoms with E-state index in [2.05, 4.69) is 15.8 Å². The summed E-state index contributed by atoms with van der Waals surface area (Å²) in [5.74, 6) is -2.31. The van der Waals surface area contributed by atoms with Gasteiger partial charge in [-0.15, -0.1) is 11.3 Å². The number of benzene rings is 1. The van der Waals surface area contributed by atoms with Gasteiger partial charge in [0.25, 0.3) is 0 Å². The Morgan fingerprint density at radius 3 is 2.70 bits per heavy atom. The normalized spacial score (nSPS) is 12.7. The van der Waals surface area contributed by atoms with E-state index in [9.17, 15) is 14.4 Å². The van der Waals surface area contributed by atoms with Crippen molar-refractivity contribution in [1.82, 2.24) is 5.43 Å². The van der Waals surface area contributed by atoms with E-state index in [-0.39, 0.29) is 0 Å². The average Bonchev–Trinajstić information content (AvgIpc) is 3.23. The van der Waals surface area contributed by atoms with Crippen molar-refractivity contribution in [2.45, 2.75) is 26.2 Å². The molecule has 2 N–H and O–H groups in total. The number of rotatable bonds is 4. The summed E-state index contributed by atoms with van der Waals surface area (Å²) in [6.45, 7) is 1.92. The molecule has 1 aliphatic carbocycles. The minimum atomic E-state index is -0.913. The van der Waals surface area contributed by atoms with Crippen molar-refractivity contribution in [3.05, 3.63) is 51.4 Å². The van der Waals surface area contributed by atoms with E-state index in [4.69, 9.17) is 4.74 Å². The van der Waals surface area contributed by atoms with Crippen molar-refractivity contribution < 1.29 is 19.1 Å². The molecule has 8 heteroatoms. The third-order valence-corrected chi connectivity index (χ3v) is 5.51. The van der Waals surface area contributed by atoms with Gasteiger partial charge in [0.1, 0.15) is 5.00 Å². The number of hydrazone groups is 1. The lowest BCUT2D eigenvalue weighted by molar-refractivity contribution is -0.136. The maximum absolute atomic E-state index is 12.2. The summed E-state index contributed by atoms with van der Waals surface area (Å²) in [4.78, 5) is 37.3. The van der Waals surface area contributed by atoms with E-state index < -0.39 is 17.8 Å². The van der Waals surface area contributed by atoms with Gasteiger partial charge in [-0.05, 0) is 42.9 Å². The molecule has 0 bridgehead atoms. The van der Waals surface area contributed by atoms with Crippen LogP contribution in [0.1, 0.15) is 38.3 Å². The van der Waals surface area contributed by atoms with Gasteiger partial charge in [-0.25, -0.2) is 10.2 Å². The number of ether oxygens (including phenoxy) is 1. The zero-order valence-electron chi connectivity index (χ0n) is 15.0. The number of amides is 2. The molecule has 0 unspecified atom stereocenters. The molecule has 27 heavy (non-hydrogen) atoms. The van der Waals surface area contributed by atoms with Crippen molar-refractivity contribution in [2.24, 2.45) is 5.10 Å². The van der Waals surface area contributed by atoms with Gasteiger partial charge < -0.3 is 10.1 Å². The Morgan fingerprint density at radius 1 is 1.19 bits per heavy atom. The van der Waals surface area contributed by atoms with Gasteiger partial charge in [-0.1, -0.05) is 24.3 Å². The highest BCUT2D eigenvalue weighted by atomic mass is 32.1. The molecule has 1 heterocycles. The van der Waals surface area contributed by atoms with Crippen molar-refractivity contribution in [2.75, 3.05) is 12.4 Å². The van der Waals surface area contributed by atoms with Crippen LogP contribution >= 0.6 is 11.3 Å². The van der Waals surface area contributed by atoms with Crippen LogP contribution < -0.4 is 10.7 Å². The maximum Gasteiger partial charge on any atom is 0.341 e. The predicted octanol–water partition coefficient (Wildman–Crippen LogP) is 2.42. The molecule has 0 atom stereocenters. The summed E-state index contributed by atoms with van der Waals surface area (Å²) in [5.41, 5.74) is 5.28. The fourth-order valence-corrected chi connectivity index (χ4v) is 4.19. The third-order valence-electron chi connectivity index (χ3n) is 4.30. The summed E-state index contributed by atoms with van der Waals surface area (Å²) in [6, 6.07) is 7.52. The molecule has 3 rings (SSSR count). The Kier molecular flexibility index (Phi) is 5.66. The summed E-state index contributed by atoms with van der Waals surface area (Å²) >= 11 is 1.31. The number of esters is 1. The van der Waals surface area contributed by atoms with Gasteiger partial charge in [0.05, 0.1) is 18.9 Å². The summed E-state index contributed by atoms with van der Waals surface area (Å²) < 4.78 is 4.82. The first-order chi connectivity index (χ1) is 13.0. The monoisotopic (exact) mass is 385 g/mol. The Balaban J connectivity index is 1.68. The molecule has 0 saturated carbocycles. The SMILES string of the molecule is COC(=O)c1c(NC(=O)C(=O)NN=Cc2ccccc2C)sc2c1CCC2. The van der Waals surface area contributed by atoms with Crippen LogP contribution in [0.2, 0.25) is 0 Å². The minimum absolute atomic E-state index is 0.342. The second-order valence-corrected chi connectivity index (χ2v) is 7.17. The zero-order valence-corrected chi connectivity index (χ0v) is 15.8. The highest BCUT2D eigenvalue weighted by Gasteiger charge is 2.29. The molecule has 140 valence electrons. The van der Waals surface area contributed by atoms with Gasteiger partial charge >= 0.3 is 17.8 Å². The lowest BCUT2D eigenvalue weighted by Crippen LogP contribution is -2.32. The number of hydrogen-bond donors (Lipinski definition) is 2. The Morgan fingerprint density at radius 2 is 1.96 bits per heavy atom. The molecule has 7 nitrogen and oxygen atoms in total. The number of carbonyl (C=O) groups is 3. The Labute approximate surface area is 160 Å². The number of nitrogens with one attached hydrogen (secondary N) is 2. The summed E-state index contributed by atoms with van der Waals surface area (Å²) in [5, 5.41) is 6.67. The first kappa shape index (κ1) is 18.8. The van der Waals surface area contributed by atoms with Gasteiger partial charge in [0, 0.05) is 4.88 Å². The third kappa shape index (κ3) is 4.06. The predicted molar refractivity (Wildman–Crippen MR) is 103 cm³/mol. The first-order valence-electron chi connectivity index (χ1n) is 8.44. The van der Waals surface area contributed by atoms with E-state index >= 15 is 0 Å². The fraction of sp³-hybridized carbons (Fsp3) is 0.263. The van der Waals surface area contributed by atoms with Crippen LogP contribution in [0.15, 0.2) is 29.4 Å². The molecule has 0 radical (unpaired) electrons. The van der Waals surface area contributed by atoms with E-state index in [0.29, 0.717) is 10.6 Å². The first-order valence-corrected chi connectivity index (χ1v) is 9.25. The Bertz CT molecular complexity index is 933. The van der Waals surface area contributed by atoms with Crippen LogP contribution in [-0.4, -0.2) is 31.1 Å². The fourth-order valence-electron chi connectivity index (χ4n) is 2.91. The van der Waals surface area contributed by atoms with Crippen molar-refractivity contribution in [1.29, 1.82) is 0 Å². The molecular formula is C19H19N3O4S.